The molecular weight excluding hydrogens is 436 g/mol. The molecule has 0 bridgehead atoms. The topological polar surface area (TPSA) is 77.9 Å². The summed E-state index contributed by atoms with van der Waals surface area (Å²) in [7, 11) is 4.75. The fourth-order valence-electron chi connectivity index (χ4n) is 2.99. The van der Waals surface area contributed by atoms with Gasteiger partial charge in [0.2, 0.25) is 5.75 Å². The van der Waals surface area contributed by atoms with E-state index in [4.69, 9.17) is 25.8 Å². The molecule has 2 aromatic heterocycles. The van der Waals surface area contributed by atoms with Gasteiger partial charge in [0.25, 0.3) is 0 Å². The van der Waals surface area contributed by atoms with Crippen LogP contribution in [0, 0.1) is 0 Å². The summed E-state index contributed by atoms with van der Waals surface area (Å²) in [6.07, 6.45) is 3.41. The lowest BCUT2D eigenvalue weighted by Crippen LogP contribution is -1.94. The monoisotopic (exact) mass is 454 g/mol. The quantitative estimate of drug-likeness (QED) is 0.352. The highest BCUT2D eigenvalue weighted by atomic mass is 35.5. The second-order valence-corrected chi connectivity index (χ2v) is 7.77. The van der Waals surface area contributed by atoms with Crippen molar-refractivity contribution in [1.29, 1.82) is 0 Å². The summed E-state index contributed by atoms with van der Waals surface area (Å²) in [6, 6.07) is 12.9. The van der Waals surface area contributed by atoms with Gasteiger partial charge in [-0.1, -0.05) is 11.6 Å². The molecule has 158 valence electrons. The van der Waals surface area contributed by atoms with Gasteiger partial charge in [-0.3, -0.25) is 0 Å². The molecule has 2 heterocycles. The third-order valence-corrected chi connectivity index (χ3v) is 5.67. The molecule has 0 saturated carbocycles. The molecule has 1 N–H and O–H groups in total. The summed E-state index contributed by atoms with van der Waals surface area (Å²) in [5.74, 6) is 2.30. The minimum Gasteiger partial charge on any atom is -0.493 e. The number of hydrogen-bond acceptors (Lipinski definition) is 8. The SMILES string of the molecule is COc1cc2nc(C=Nc3cccnc3Nc3ccc(Cl)cc3)sc2c(OC)c1OC. The number of aliphatic imine (C=N–C) groups is 1. The molecule has 0 spiro atoms. The molecule has 7 nitrogen and oxygen atoms in total. The van der Waals surface area contributed by atoms with E-state index >= 15 is 0 Å². The molecule has 0 radical (unpaired) electrons. The van der Waals surface area contributed by atoms with E-state index < -0.39 is 0 Å². The molecule has 0 amide bonds. The Bertz CT molecular complexity index is 1240. The smallest absolute Gasteiger partial charge is 0.204 e. The summed E-state index contributed by atoms with van der Waals surface area (Å²) >= 11 is 7.41. The molecule has 0 aliphatic rings. The van der Waals surface area contributed by atoms with Crippen molar-refractivity contribution in [3.05, 3.63) is 58.7 Å². The van der Waals surface area contributed by atoms with Crippen LogP contribution in [0.3, 0.4) is 0 Å². The highest BCUT2D eigenvalue weighted by molar-refractivity contribution is 7.20. The Hall–Kier alpha value is -3.36. The molecule has 0 atom stereocenters. The van der Waals surface area contributed by atoms with Gasteiger partial charge in [-0.05, 0) is 36.4 Å². The van der Waals surface area contributed by atoms with Crippen LogP contribution in [-0.4, -0.2) is 37.5 Å². The lowest BCUT2D eigenvalue weighted by atomic mass is 10.2. The second kappa shape index (κ2) is 9.20. The van der Waals surface area contributed by atoms with Gasteiger partial charge < -0.3 is 19.5 Å². The van der Waals surface area contributed by atoms with Crippen LogP contribution in [0.4, 0.5) is 17.2 Å². The molecule has 4 rings (SSSR count). The molecule has 0 fully saturated rings. The number of halogens is 1. The maximum absolute atomic E-state index is 5.96. The highest BCUT2D eigenvalue weighted by Gasteiger charge is 2.19. The van der Waals surface area contributed by atoms with Crippen molar-refractivity contribution in [2.75, 3.05) is 26.6 Å². The van der Waals surface area contributed by atoms with Gasteiger partial charge in [-0.2, -0.15) is 0 Å². The van der Waals surface area contributed by atoms with Crippen molar-refractivity contribution in [2.45, 2.75) is 0 Å². The van der Waals surface area contributed by atoms with Gasteiger partial charge in [0.05, 0.1) is 33.1 Å². The predicted molar refractivity (Wildman–Crippen MR) is 126 cm³/mol. The molecule has 0 aliphatic carbocycles. The Morgan fingerprint density at radius 2 is 1.81 bits per heavy atom. The lowest BCUT2D eigenvalue weighted by Gasteiger charge is -2.11. The summed E-state index contributed by atoms with van der Waals surface area (Å²) in [5.41, 5.74) is 2.29. The molecule has 9 heteroatoms. The van der Waals surface area contributed by atoms with E-state index in [1.807, 2.05) is 42.5 Å². The van der Waals surface area contributed by atoms with Crippen molar-refractivity contribution in [1.82, 2.24) is 9.97 Å². The van der Waals surface area contributed by atoms with Crippen LogP contribution in [0.25, 0.3) is 10.2 Å². The van der Waals surface area contributed by atoms with Gasteiger partial charge in [0.15, 0.2) is 17.3 Å². The van der Waals surface area contributed by atoms with Crippen molar-refractivity contribution >= 4 is 56.6 Å². The molecule has 0 aliphatic heterocycles. The fraction of sp³-hybridized carbons (Fsp3) is 0.136. The Morgan fingerprint density at radius 3 is 2.52 bits per heavy atom. The zero-order chi connectivity index (χ0) is 21.8. The third kappa shape index (κ3) is 4.40. The number of nitrogens with one attached hydrogen (secondary N) is 1. The van der Waals surface area contributed by atoms with Gasteiger partial charge >= 0.3 is 0 Å². The van der Waals surface area contributed by atoms with Crippen molar-refractivity contribution in [2.24, 2.45) is 4.99 Å². The average Bonchev–Trinajstić information content (AvgIpc) is 3.21. The van der Waals surface area contributed by atoms with Crippen LogP contribution < -0.4 is 19.5 Å². The van der Waals surface area contributed by atoms with E-state index in [1.54, 1.807) is 33.7 Å². The normalized spacial score (nSPS) is 11.1. The Kier molecular flexibility index (Phi) is 6.20. The molecule has 31 heavy (non-hydrogen) atoms. The number of nitrogens with zero attached hydrogens (tertiary/aromatic N) is 3. The van der Waals surface area contributed by atoms with Gasteiger partial charge in [-0.15, -0.1) is 11.3 Å². The van der Waals surface area contributed by atoms with Crippen molar-refractivity contribution < 1.29 is 14.2 Å². The van der Waals surface area contributed by atoms with Crippen LogP contribution in [0.2, 0.25) is 5.02 Å². The molecule has 0 saturated heterocycles. The third-order valence-electron chi connectivity index (χ3n) is 4.41. The minimum absolute atomic E-state index is 0.534. The van der Waals surface area contributed by atoms with Crippen molar-refractivity contribution in [3.8, 4) is 17.2 Å². The largest absolute Gasteiger partial charge is 0.493 e. The number of fused-ring (bicyclic) bond motifs is 1. The van der Waals surface area contributed by atoms with Crippen LogP contribution >= 0.6 is 22.9 Å². The van der Waals surface area contributed by atoms with E-state index in [1.165, 1.54) is 11.3 Å². The van der Waals surface area contributed by atoms with E-state index in [-0.39, 0.29) is 0 Å². The number of hydrogen-bond donors (Lipinski definition) is 1. The first-order valence-corrected chi connectivity index (χ1v) is 10.4. The minimum atomic E-state index is 0.534. The summed E-state index contributed by atoms with van der Waals surface area (Å²) in [6.45, 7) is 0. The lowest BCUT2D eigenvalue weighted by molar-refractivity contribution is 0.327. The molecule has 2 aromatic carbocycles. The molecular formula is C22H19ClN4O3S. The van der Waals surface area contributed by atoms with Crippen LogP contribution in [-0.2, 0) is 0 Å². The zero-order valence-electron chi connectivity index (χ0n) is 17.0. The van der Waals surface area contributed by atoms with Crippen LogP contribution in [0.5, 0.6) is 17.2 Å². The molecule has 4 aromatic rings. The standard InChI is InChI=1S/C22H19ClN4O3S/c1-28-17-11-16-21(20(30-3)19(17)29-2)31-18(27-16)12-25-15-5-4-10-24-22(15)26-14-8-6-13(23)7-9-14/h4-12H,1-3H3,(H,24,26). The number of methoxy groups -OCH3 is 3. The number of rotatable bonds is 7. The predicted octanol–water partition coefficient (Wildman–Crippen LogP) is 5.86. The van der Waals surface area contributed by atoms with Crippen LogP contribution in [0.15, 0.2) is 53.7 Å². The summed E-state index contributed by atoms with van der Waals surface area (Å²) in [5, 5.41) is 4.64. The Labute approximate surface area is 188 Å². The molecule has 0 unspecified atom stereocenters. The number of aromatic nitrogens is 2. The van der Waals surface area contributed by atoms with Crippen LogP contribution in [0.1, 0.15) is 5.01 Å². The van der Waals surface area contributed by atoms with E-state index in [9.17, 15) is 0 Å². The van der Waals surface area contributed by atoms with E-state index in [0.717, 1.165) is 15.9 Å². The van der Waals surface area contributed by atoms with Gasteiger partial charge in [0.1, 0.15) is 15.4 Å². The average molecular weight is 455 g/mol. The second-order valence-electron chi connectivity index (χ2n) is 6.31. The van der Waals surface area contributed by atoms with Gasteiger partial charge in [-0.25, -0.2) is 15.0 Å². The first-order chi connectivity index (χ1) is 15.1. The highest BCUT2D eigenvalue weighted by Crippen LogP contribution is 2.45. The first kappa shape index (κ1) is 20.9. The maximum atomic E-state index is 5.96. The van der Waals surface area contributed by atoms with E-state index in [2.05, 4.69) is 20.3 Å². The number of ether oxygens (including phenoxy) is 3. The van der Waals surface area contributed by atoms with Gasteiger partial charge in [0, 0.05) is 23.0 Å². The van der Waals surface area contributed by atoms with E-state index in [0.29, 0.717) is 38.8 Å². The van der Waals surface area contributed by atoms with Crippen molar-refractivity contribution in [3.63, 3.8) is 0 Å². The summed E-state index contributed by atoms with van der Waals surface area (Å²) in [4.78, 5) is 13.6. The maximum Gasteiger partial charge on any atom is 0.204 e. The number of anilines is 2. The number of pyridine rings is 1. The Morgan fingerprint density at radius 1 is 1.03 bits per heavy atom. The first-order valence-electron chi connectivity index (χ1n) is 9.24. The number of benzene rings is 2. The fourth-order valence-corrected chi connectivity index (χ4v) is 4.05. The zero-order valence-corrected chi connectivity index (χ0v) is 18.6. The number of thiazole rings is 1. The summed E-state index contributed by atoms with van der Waals surface area (Å²) < 4.78 is 17.3. The Balaban J connectivity index is 1.67.